The molecule has 0 saturated heterocycles. The van der Waals surface area contributed by atoms with Gasteiger partial charge in [0, 0.05) is 12.7 Å². The van der Waals surface area contributed by atoms with Crippen molar-refractivity contribution in [2.75, 3.05) is 12.4 Å². The first-order valence-corrected chi connectivity index (χ1v) is 7.10. The number of aliphatic carboxylic acids is 1. The smallest absolute Gasteiger partial charge is 0.307 e. The maximum Gasteiger partial charge on any atom is 0.307 e. The molecule has 1 fully saturated rings. The van der Waals surface area contributed by atoms with Gasteiger partial charge in [-0.2, -0.15) is 0 Å². The summed E-state index contributed by atoms with van der Waals surface area (Å²) in [6.45, 7) is 3.55. The molecule has 0 heterocycles. The van der Waals surface area contributed by atoms with E-state index in [1.807, 2.05) is 0 Å². The number of carboxylic acid groups (broad SMARTS) is 1. The largest absolute Gasteiger partial charge is 0.481 e. The van der Waals surface area contributed by atoms with Crippen LogP contribution >= 0.6 is 0 Å². The molecule has 1 aliphatic carbocycles. The van der Waals surface area contributed by atoms with E-state index in [0.29, 0.717) is 5.69 Å². The van der Waals surface area contributed by atoms with E-state index in [4.69, 9.17) is 5.11 Å². The van der Waals surface area contributed by atoms with Gasteiger partial charge in [-0.05, 0) is 23.1 Å². The van der Waals surface area contributed by atoms with Crippen LogP contribution in [0, 0.1) is 17.3 Å². The number of benzene rings is 1. The van der Waals surface area contributed by atoms with Crippen LogP contribution in [0.1, 0.15) is 19.4 Å². The van der Waals surface area contributed by atoms with Gasteiger partial charge in [-0.15, -0.1) is 0 Å². The summed E-state index contributed by atoms with van der Waals surface area (Å²) in [5, 5.41) is 14.4. The molecule has 2 atom stereocenters. The van der Waals surface area contributed by atoms with Crippen molar-refractivity contribution in [3.63, 3.8) is 0 Å². The van der Waals surface area contributed by atoms with Crippen LogP contribution in [0.4, 0.5) is 5.69 Å². The molecule has 0 radical (unpaired) electrons. The van der Waals surface area contributed by atoms with Crippen molar-refractivity contribution >= 4 is 23.5 Å². The van der Waals surface area contributed by atoms with E-state index in [9.17, 15) is 14.4 Å². The second-order valence-electron chi connectivity index (χ2n) is 6.15. The van der Waals surface area contributed by atoms with Crippen molar-refractivity contribution in [1.29, 1.82) is 0 Å². The highest BCUT2D eigenvalue weighted by Crippen LogP contribution is 2.58. The van der Waals surface area contributed by atoms with Crippen LogP contribution in [0.5, 0.6) is 0 Å². The molecule has 22 heavy (non-hydrogen) atoms. The number of hydrogen-bond donors (Lipinski definition) is 3. The normalized spacial score (nSPS) is 21.8. The number of carboxylic acids is 1. The topological polar surface area (TPSA) is 95.5 Å². The maximum atomic E-state index is 12.2. The molecule has 118 valence electrons. The summed E-state index contributed by atoms with van der Waals surface area (Å²) < 4.78 is 0. The molecular formula is C16H20N2O4. The summed E-state index contributed by atoms with van der Waals surface area (Å²) in [6, 6.07) is 6.99. The Hall–Kier alpha value is -2.37. The highest BCUT2D eigenvalue weighted by Gasteiger charge is 2.65. The lowest BCUT2D eigenvalue weighted by molar-refractivity contribution is -0.140. The van der Waals surface area contributed by atoms with E-state index >= 15 is 0 Å². The van der Waals surface area contributed by atoms with Crippen LogP contribution in [0.2, 0.25) is 0 Å². The van der Waals surface area contributed by atoms with Gasteiger partial charge >= 0.3 is 5.97 Å². The highest BCUT2D eigenvalue weighted by molar-refractivity contribution is 5.99. The first-order chi connectivity index (χ1) is 10.3. The molecule has 6 nitrogen and oxygen atoms in total. The number of nitrogens with one attached hydrogen (secondary N) is 2. The Bertz CT molecular complexity index is 624. The van der Waals surface area contributed by atoms with E-state index in [1.165, 1.54) is 0 Å². The lowest BCUT2D eigenvalue weighted by Crippen LogP contribution is -2.20. The third-order valence-electron chi connectivity index (χ3n) is 4.21. The van der Waals surface area contributed by atoms with Gasteiger partial charge in [0.15, 0.2) is 0 Å². The summed E-state index contributed by atoms with van der Waals surface area (Å²) in [7, 11) is 1.56. The Kier molecular flexibility index (Phi) is 4.21. The second-order valence-corrected chi connectivity index (χ2v) is 6.15. The summed E-state index contributed by atoms with van der Waals surface area (Å²) >= 11 is 0. The Morgan fingerprint density at radius 1 is 1.23 bits per heavy atom. The number of anilines is 1. The van der Waals surface area contributed by atoms with Crippen LogP contribution < -0.4 is 10.6 Å². The predicted molar refractivity (Wildman–Crippen MR) is 81.2 cm³/mol. The zero-order chi connectivity index (χ0) is 16.5. The van der Waals surface area contributed by atoms with Crippen LogP contribution in [0.25, 0.3) is 0 Å². The van der Waals surface area contributed by atoms with Crippen molar-refractivity contribution < 1.29 is 19.5 Å². The van der Waals surface area contributed by atoms with Gasteiger partial charge in [0.2, 0.25) is 11.8 Å². The molecule has 2 rings (SSSR count). The van der Waals surface area contributed by atoms with Gasteiger partial charge in [0.25, 0.3) is 0 Å². The van der Waals surface area contributed by atoms with Gasteiger partial charge in [-0.25, -0.2) is 0 Å². The Morgan fingerprint density at radius 3 is 2.45 bits per heavy atom. The standard InChI is InChI=1S/C16H20N2O4/c1-16(2)12(13(16)15(21)22)14(20)18-10-6-4-5-9(7-10)8-11(19)17-3/h4-7,12-13H,8H2,1-3H3,(H,17,19)(H,18,20)(H,21,22)/t12-,13+/m0/s1. The Balaban J connectivity index is 2.05. The first-order valence-electron chi connectivity index (χ1n) is 7.10. The molecule has 0 bridgehead atoms. The predicted octanol–water partition coefficient (Wildman–Crippen LogP) is 1.27. The summed E-state index contributed by atoms with van der Waals surface area (Å²) in [6.07, 6.45) is 0.229. The monoisotopic (exact) mass is 304 g/mol. The van der Waals surface area contributed by atoms with Crippen molar-refractivity contribution in [2.45, 2.75) is 20.3 Å². The molecule has 1 saturated carbocycles. The SMILES string of the molecule is CNC(=O)Cc1cccc(NC(=O)[C@@H]2[C@H](C(=O)O)C2(C)C)c1. The third-order valence-corrected chi connectivity index (χ3v) is 4.21. The number of carbonyl (C=O) groups is 3. The number of hydrogen-bond acceptors (Lipinski definition) is 3. The quantitative estimate of drug-likeness (QED) is 0.763. The van der Waals surface area contributed by atoms with Crippen molar-refractivity contribution in [3.05, 3.63) is 29.8 Å². The van der Waals surface area contributed by atoms with E-state index in [1.54, 1.807) is 45.2 Å². The second kappa shape index (κ2) is 5.79. The molecule has 1 aliphatic rings. The maximum absolute atomic E-state index is 12.2. The fourth-order valence-corrected chi connectivity index (χ4v) is 2.84. The van der Waals surface area contributed by atoms with Crippen molar-refractivity contribution in [1.82, 2.24) is 5.32 Å². The fraction of sp³-hybridized carbons (Fsp3) is 0.438. The molecule has 2 amide bonds. The molecule has 0 unspecified atom stereocenters. The first kappa shape index (κ1) is 16.0. The molecule has 0 aromatic heterocycles. The molecule has 3 N–H and O–H groups in total. The molecule has 0 aliphatic heterocycles. The minimum atomic E-state index is -0.946. The minimum Gasteiger partial charge on any atom is -0.481 e. The summed E-state index contributed by atoms with van der Waals surface area (Å²) in [5.41, 5.74) is 0.815. The zero-order valence-electron chi connectivity index (χ0n) is 12.8. The lowest BCUT2D eigenvalue weighted by atomic mass is 10.1. The molecule has 0 spiro atoms. The van der Waals surface area contributed by atoms with Crippen molar-refractivity contribution in [2.24, 2.45) is 17.3 Å². The molecule has 1 aromatic rings. The number of rotatable bonds is 5. The summed E-state index contributed by atoms with van der Waals surface area (Å²) in [5.74, 6) is -2.54. The highest BCUT2D eigenvalue weighted by atomic mass is 16.4. The Morgan fingerprint density at radius 2 is 1.91 bits per heavy atom. The van der Waals surface area contributed by atoms with Gasteiger partial charge in [-0.3, -0.25) is 14.4 Å². The lowest BCUT2D eigenvalue weighted by Gasteiger charge is -2.08. The van der Waals surface area contributed by atoms with E-state index < -0.39 is 23.2 Å². The fourth-order valence-electron chi connectivity index (χ4n) is 2.84. The van der Waals surface area contributed by atoms with Crippen LogP contribution in [-0.2, 0) is 20.8 Å². The average molecular weight is 304 g/mol. The molecular weight excluding hydrogens is 284 g/mol. The summed E-state index contributed by atoms with van der Waals surface area (Å²) in [4.78, 5) is 34.7. The molecule has 1 aromatic carbocycles. The van der Waals surface area contributed by atoms with Gasteiger partial charge < -0.3 is 15.7 Å². The van der Waals surface area contributed by atoms with Gasteiger partial charge in [0.1, 0.15) is 0 Å². The molecule has 6 heteroatoms. The number of amides is 2. The number of carbonyl (C=O) groups excluding carboxylic acids is 2. The van der Waals surface area contributed by atoms with Crippen molar-refractivity contribution in [3.8, 4) is 0 Å². The van der Waals surface area contributed by atoms with E-state index in [2.05, 4.69) is 10.6 Å². The van der Waals surface area contributed by atoms with Crippen LogP contribution in [0.3, 0.4) is 0 Å². The van der Waals surface area contributed by atoms with Crippen LogP contribution in [-0.4, -0.2) is 29.9 Å². The Labute approximate surface area is 128 Å². The van der Waals surface area contributed by atoms with Crippen LogP contribution in [0.15, 0.2) is 24.3 Å². The minimum absolute atomic E-state index is 0.113. The third kappa shape index (κ3) is 3.10. The average Bonchev–Trinajstić information content (AvgIpc) is 3.02. The number of likely N-dealkylation sites (N-methyl/N-ethyl adjacent to an activating group) is 1. The van der Waals surface area contributed by atoms with E-state index in [-0.39, 0.29) is 18.2 Å². The van der Waals surface area contributed by atoms with Gasteiger partial charge in [0.05, 0.1) is 18.3 Å². The zero-order valence-corrected chi connectivity index (χ0v) is 12.8. The van der Waals surface area contributed by atoms with E-state index in [0.717, 1.165) is 5.56 Å². The van der Waals surface area contributed by atoms with Gasteiger partial charge in [-0.1, -0.05) is 26.0 Å².